The molecule has 0 fully saturated rings. The monoisotopic (exact) mass is 258 g/mol. The van der Waals surface area contributed by atoms with Crippen LogP contribution in [0.15, 0.2) is 30.3 Å². The van der Waals surface area contributed by atoms with E-state index in [1.54, 1.807) is 0 Å². The maximum Gasteiger partial charge on any atom is 0.164 e. The summed E-state index contributed by atoms with van der Waals surface area (Å²) >= 11 is 0. The molecule has 3 nitrogen and oxygen atoms in total. The second-order valence-electron chi connectivity index (χ2n) is 5.33. The molecule has 0 amide bonds. The summed E-state index contributed by atoms with van der Waals surface area (Å²) in [6, 6.07) is 9.87. The quantitative estimate of drug-likeness (QED) is 0.884. The Morgan fingerprint density at radius 1 is 1.21 bits per heavy atom. The Morgan fingerprint density at radius 3 is 2.47 bits per heavy atom. The Hall–Kier alpha value is -1.77. The van der Waals surface area contributed by atoms with Crippen LogP contribution in [0.4, 0.5) is 0 Å². The van der Waals surface area contributed by atoms with E-state index >= 15 is 0 Å². The molecule has 19 heavy (non-hydrogen) atoms. The van der Waals surface area contributed by atoms with Gasteiger partial charge in [-0.15, -0.1) is 0 Å². The third-order valence-corrected chi connectivity index (χ3v) is 3.11. The Labute approximate surface area is 114 Å². The largest absolute Gasteiger partial charge is 0.504 e. The van der Waals surface area contributed by atoms with Gasteiger partial charge < -0.3 is 5.11 Å². The van der Waals surface area contributed by atoms with Crippen molar-refractivity contribution in [3.63, 3.8) is 0 Å². The minimum absolute atomic E-state index is 0.341. The van der Waals surface area contributed by atoms with Gasteiger partial charge in [-0.25, -0.2) is 0 Å². The van der Waals surface area contributed by atoms with Gasteiger partial charge in [0.15, 0.2) is 5.75 Å². The van der Waals surface area contributed by atoms with E-state index in [0.29, 0.717) is 17.4 Å². The lowest BCUT2D eigenvalue weighted by molar-refractivity contribution is 0.453. The lowest BCUT2D eigenvalue weighted by Crippen LogP contribution is -2.07. The van der Waals surface area contributed by atoms with Crippen LogP contribution in [0.2, 0.25) is 0 Å². The molecule has 0 unspecified atom stereocenters. The Morgan fingerprint density at radius 2 is 1.89 bits per heavy atom. The van der Waals surface area contributed by atoms with Crippen molar-refractivity contribution in [3.8, 4) is 17.0 Å². The first kappa shape index (κ1) is 13.7. The van der Waals surface area contributed by atoms with Gasteiger partial charge in [-0.3, -0.25) is 4.68 Å². The van der Waals surface area contributed by atoms with Gasteiger partial charge >= 0.3 is 0 Å². The van der Waals surface area contributed by atoms with E-state index in [1.165, 1.54) is 0 Å². The van der Waals surface area contributed by atoms with Crippen molar-refractivity contribution in [2.75, 3.05) is 0 Å². The summed E-state index contributed by atoms with van der Waals surface area (Å²) in [5.41, 5.74) is 2.63. The molecule has 0 atom stereocenters. The zero-order chi connectivity index (χ0) is 13.8. The maximum atomic E-state index is 10.5. The fourth-order valence-electron chi connectivity index (χ4n) is 2.26. The van der Waals surface area contributed by atoms with Gasteiger partial charge in [-0.1, -0.05) is 51.1 Å². The van der Waals surface area contributed by atoms with Gasteiger partial charge in [0, 0.05) is 12.1 Å². The number of hydrogen-bond donors (Lipinski definition) is 1. The number of aromatic nitrogens is 2. The zero-order valence-electron chi connectivity index (χ0n) is 11.9. The summed E-state index contributed by atoms with van der Waals surface area (Å²) in [5.74, 6) is 0.843. The van der Waals surface area contributed by atoms with E-state index in [9.17, 15) is 5.11 Å². The first-order chi connectivity index (χ1) is 9.13. The van der Waals surface area contributed by atoms with Crippen LogP contribution in [0.25, 0.3) is 11.3 Å². The van der Waals surface area contributed by atoms with E-state index in [2.05, 4.69) is 25.9 Å². The van der Waals surface area contributed by atoms with Crippen LogP contribution in [-0.2, 0) is 13.0 Å². The van der Waals surface area contributed by atoms with Crippen LogP contribution in [0, 0.1) is 5.92 Å². The Kier molecular flexibility index (Phi) is 4.25. The van der Waals surface area contributed by atoms with Crippen LogP contribution in [0.1, 0.15) is 32.9 Å². The van der Waals surface area contributed by atoms with Gasteiger partial charge in [-0.2, -0.15) is 5.10 Å². The predicted octanol–water partition coefficient (Wildman–Crippen LogP) is 3.86. The maximum absolute atomic E-state index is 10.5. The minimum atomic E-state index is 0.341. The highest BCUT2D eigenvalue weighted by molar-refractivity contribution is 5.67. The predicted molar refractivity (Wildman–Crippen MR) is 78.2 cm³/mol. The molecule has 0 saturated carbocycles. The molecule has 2 rings (SSSR count). The van der Waals surface area contributed by atoms with Crippen LogP contribution >= 0.6 is 0 Å². The molecule has 1 aromatic heterocycles. The summed E-state index contributed by atoms with van der Waals surface area (Å²) in [5, 5.41) is 15.0. The van der Waals surface area contributed by atoms with Crippen molar-refractivity contribution in [1.82, 2.24) is 9.78 Å². The Balaban J connectivity index is 2.46. The SMILES string of the molecule is CCCn1nc(-c2ccccc2)c(O)c1CC(C)C. The normalized spacial score (nSPS) is 11.2. The molecule has 0 radical (unpaired) electrons. The second kappa shape index (κ2) is 5.91. The first-order valence-corrected chi connectivity index (χ1v) is 6.97. The van der Waals surface area contributed by atoms with Gasteiger partial charge in [0.05, 0.1) is 5.69 Å². The molecule has 1 heterocycles. The van der Waals surface area contributed by atoms with Crippen LogP contribution in [0.5, 0.6) is 5.75 Å². The van der Waals surface area contributed by atoms with Gasteiger partial charge in [0.1, 0.15) is 5.69 Å². The van der Waals surface area contributed by atoms with Crippen molar-refractivity contribution < 1.29 is 5.11 Å². The van der Waals surface area contributed by atoms with Crippen LogP contribution < -0.4 is 0 Å². The molecule has 0 aliphatic rings. The average Bonchev–Trinajstić information content (AvgIpc) is 2.69. The van der Waals surface area contributed by atoms with Crippen LogP contribution in [0.3, 0.4) is 0 Å². The molecular weight excluding hydrogens is 236 g/mol. The molecule has 0 saturated heterocycles. The molecule has 0 spiro atoms. The second-order valence-corrected chi connectivity index (χ2v) is 5.33. The Bertz CT molecular complexity index is 529. The van der Waals surface area contributed by atoms with E-state index in [-0.39, 0.29) is 0 Å². The fraction of sp³-hybridized carbons (Fsp3) is 0.438. The fourth-order valence-corrected chi connectivity index (χ4v) is 2.26. The van der Waals surface area contributed by atoms with Crippen molar-refractivity contribution >= 4 is 0 Å². The number of nitrogens with zero attached hydrogens (tertiary/aromatic N) is 2. The van der Waals surface area contributed by atoms with Gasteiger partial charge in [-0.05, 0) is 18.8 Å². The van der Waals surface area contributed by atoms with Gasteiger partial charge in [0.2, 0.25) is 0 Å². The highest BCUT2D eigenvalue weighted by Crippen LogP contribution is 2.32. The summed E-state index contributed by atoms with van der Waals surface area (Å²) in [6.45, 7) is 7.29. The standard InChI is InChI=1S/C16H22N2O/c1-4-10-18-14(11-12(2)3)16(19)15(17-18)13-8-6-5-7-9-13/h5-9,12,19H,4,10-11H2,1-3H3. The lowest BCUT2D eigenvalue weighted by atomic mass is 10.1. The minimum Gasteiger partial charge on any atom is -0.504 e. The highest BCUT2D eigenvalue weighted by atomic mass is 16.3. The third kappa shape index (κ3) is 2.98. The molecule has 0 aliphatic carbocycles. The number of rotatable bonds is 5. The van der Waals surface area contributed by atoms with E-state index in [1.807, 2.05) is 35.0 Å². The molecule has 1 aromatic carbocycles. The first-order valence-electron chi connectivity index (χ1n) is 6.97. The topological polar surface area (TPSA) is 38.0 Å². The smallest absolute Gasteiger partial charge is 0.164 e. The molecule has 3 heteroatoms. The van der Waals surface area contributed by atoms with Crippen molar-refractivity contribution in [1.29, 1.82) is 0 Å². The molecular formula is C16H22N2O. The van der Waals surface area contributed by atoms with E-state index in [4.69, 9.17) is 0 Å². The number of hydrogen-bond acceptors (Lipinski definition) is 2. The summed E-state index contributed by atoms with van der Waals surface area (Å²) in [6.07, 6.45) is 1.87. The summed E-state index contributed by atoms with van der Waals surface area (Å²) in [7, 11) is 0. The van der Waals surface area contributed by atoms with Crippen molar-refractivity contribution in [2.45, 2.75) is 40.2 Å². The number of aromatic hydroxyl groups is 1. The van der Waals surface area contributed by atoms with E-state index < -0.39 is 0 Å². The average molecular weight is 258 g/mol. The van der Waals surface area contributed by atoms with Crippen molar-refractivity contribution in [2.24, 2.45) is 5.92 Å². The molecule has 1 N–H and O–H groups in total. The van der Waals surface area contributed by atoms with E-state index in [0.717, 1.165) is 30.6 Å². The number of aryl methyl sites for hydroxylation is 1. The zero-order valence-corrected chi connectivity index (χ0v) is 11.9. The highest BCUT2D eigenvalue weighted by Gasteiger charge is 2.18. The third-order valence-electron chi connectivity index (χ3n) is 3.11. The van der Waals surface area contributed by atoms with Crippen molar-refractivity contribution in [3.05, 3.63) is 36.0 Å². The van der Waals surface area contributed by atoms with Crippen LogP contribution in [-0.4, -0.2) is 14.9 Å². The molecule has 0 aliphatic heterocycles. The lowest BCUT2D eigenvalue weighted by Gasteiger charge is -2.08. The summed E-state index contributed by atoms with van der Waals surface area (Å²) in [4.78, 5) is 0. The number of benzene rings is 1. The molecule has 2 aromatic rings. The molecule has 0 bridgehead atoms. The summed E-state index contributed by atoms with van der Waals surface area (Å²) < 4.78 is 1.96. The molecule has 102 valence electrons. The van der Waals surface area contributed by atoms with Gasteiger partial charge in [0.25, 0.3) is 0 Å².